The first-order chi connectivity index (χ1) is 16.9. The predicted molar refractivity (Wildman–Crippen MR) is 118 cm³/mol. The predicted octanol–water partition coefficient (Wildman–Crippen LogP) is -1.60. The number of nitrogens with one attached hydrogen (secondary N) is 2. The number of aliphatic hydroxyl groups excluding tert-OH is 2. The third-order valence-corrected chi connectivity index (χ3v) is 8.63. The second-order valence-corrected chi connectivity index (χ2v) is 11.7. The third-order valence-electron chi connectivity index (χ3n) is 7.62. The highest BCUT2D eigenvalue weighted by Gasteiger charge is 2.56. The van der Waals surface area contributed by atoms with Gasteiger partial charge in [-0.2, -0.15) is 0 Å². The zero-order valence-corrected chi connectivity index (χ0v) is 20.8. The van der Waals surface area contributed by atoms with Crippen LogP contribution in [0, 0.1) is 0 Å². The van der Waals surface area contributed by atoms with Crippen LogP contribution < -0.4 is 10.6 Å². The largest absolute Gasteiger partial charge is 0.472 e. The smallest absolute Gasteiger partial charge is 0.394 e. The Morgan fingerprint density at radius 2 is 1.83 bits per heavy atom. The zero-order chi connectivity index (χ0) is 26.0. The van der Waals surface area contributed by atoms with Crippen LogP contribution in [0.3, 0.4) is 0 Å². The van der Waals surface area contributed by atoms with E-state index >= 15 is 0 Å². The summed E-state index contributed by atoms with van der Waals surface area (Å²) in [4.78, 5) is 39.3. The number of urea groups is 2. The highest BCUT2D eigenvalue weighted by Crippen LogP contribution is 2.49. The van der Waals surface area contributed by atoms with Crippen molar-refractivity contribution in [3.63, 3.8) is 0 Å². The number of phosphoric acid groups is 1. The van der Waals surface area contributed by atoms with E-state index in [0.717, 1.165) is 0 Å². The molecular formula is C20H33N4O11P. The third kappa shape index (κ3) is 4.61. The first-order valence-corrected chi connectivity index (χ1v) is 13.5. The van der Waals surface area contributed by atoms with E-state index in [1.54, 1.807) is 6.92 Å². The molecule has 6 heterocycles. The summed E-state index contributed by atoms with van der Waals surface area (Å²) in [5, 5.41) is 37.1. The van der Waals surface area contributed by atoms with Gasteiger partial charge in [-0.3, -0.25) is 18.8 Å². The molecule has 36 heavy (non-hydrogen) atoms. The standard InChI is InChI=1S/C20H33N4O11P/c1-9-3-10-17-20(2,29)8-21-18(27)24(17)16-5-12(13(6-25)33-16)35-36(30,31)32-7-14-11(26)4-15(34-14)23(9)19(28)22-10/h9-17,25-26,29H,3-8H2,1-2H3,(H,21,27)(H,22,28)(H,30,31)/t9?,10?,11-,12-,13+,14+,15+,16+,17?,20?/m0/s1. The number of rotatable bonds is 1. The number of hydrogen-bond donors (Lipinski definition) is 6. The number of fused-ring (bicyclic) bond motifs is 5. The normalized spacial score (nSPS) is 49.6. The SMILES string of the molecule is CC1CC2NC(=O)N1[C@H]1C[C@H](O)[C@@H](COP(=O)(O)O[C@H]3C[C@@H](O[C@@H]3CO)N3C(=O)NCC(C)(O)C23)O1. The van der Waals surface area contributed by atoms with Crippen molar-refractivity contribution in [1.82, 2.24) is 20.4 Å². The molecule has 15 nitrogen and oxygen atoms in total. The summed E-state index contributed by atoms with van der Waals surface area (Å²) in [6, 6.07) is -3.07. The molecule has 6 saturated heterocycles. The quantitative estimate of drug-likeness (QED) is 0.211. The Kier molecular flexibility index (Phi) is 6.76. The monoisotopic (exact) mass is 536 g/mol. The second kappa shape index (κ2) is 9.33. The topological polar surface area (TPSA) is 200 Å². The molecule has 0 saturated carbocycles. The maximum Gasteiger partial charge on any atom is 0.472 e. The average molecular weight is 536 g/mol. The van der Waals surface area contributed by atoms with Crippen LogP contribution in [0.5, 0.6) is 0 Å². The van der Waals surface area contributed by atoms with E-state index in [4.69, 9.17) is 18.5 Å². The first kappa shape index (κ1) is 26.1. The van der Waals surface area contributed by atoms with Gasteiger partial charge >= 0.3 is 19.9 Å². The fourth-order valence-corrected chi connectivity index (χ4v) is 6.92. The summed E-state index contributed by atoms with van der Waals surface area (Å²) in [6.45, 7) is 2.21. The Labute approximate surface area is 207 Å². The molecule has 6 bridgehead atoms. The minimum atomic E-state index is -4.70. The molecule has 5 unspecified atom stereocenters. The van der Waals surface area contributed by atoms with E-state index in [9.17, 15) is 34.4 Å². The van der Waals surface area contributed by atoms with Crippen molar-refractivity contribution in [2.24, 2.45) is 0 Å². The van der Waals surface area contributed by atoms with Crippen molar-refractivity contribution in [3.8, 4) is 0 Å². The van der Waals surface area contributed by atoms with Crippen LogP contribution >= 0.6 is 7.82 Å². The van der Waals surface area contributed by atoms with Gasteiger partial charge in [-0.15, -0.1) is 0 Å². The van der Waals surface area contributed by atoms with Crippen LogP contribution in [0.4, 0.5) is 9.59 Å². The Morgan fingerprint density at radius 1 is 1.11 bits per heavy atom. The number of ether oxygens (including phenoxy) is 2. The van der Waals surface area contributed by atoms with E-state index in [-0.39, 0.29) is 19.4 Å². The fourth-order valence-electron chi connectivity index (χ4n) is 5.96. The molecule has 0 radical (unpaired) electrons. The molecule has 6 aliphatic heterocycles. The van der Waals surface area contributed by atoms with E-state index in [1.165, 1.54) is 16.7 Å². The summed E-state index contributed by atoms with van der Waals surface area (Å²) in [5.41, 5.74) is -1.49. The van der Waals surface area contributed by atoms with Gasteiger partial charge < -0.3 is 40.3 Å². The lowest BCUT2D eigenvalue weighted by Crippen LogP contribution is -2.75. The molecule has 0 aromatic rings. The minimum absolute atomic E-state index is 0.0633. The maximum absolute atomic E-state index is 13.3. The lowest BCUT2D eigenvalue weighted by molar-refractivity contribution is -0.130. The van der Waals surface area contributed by atoms with Gasteiger partial charge in [0.05, 0.1) is 31.4 Å². The number of amides is 4. The number of carbonyl (C=O) groups excluding carboxylic acids is 2. The van der Waals surface area contributed by atoms with Crippen molar-refractivity contribution in [2.75, 3.05) is 19.8 Å². The molecule has 4 amide bonds. The van der Waals surface area contributed by atoms with Gasteiger partial charge in [-0.05, 0) is 20.3 Å². The first-order valence-electron chi connectivity index (χ1n) is 12.0. The number of hydrogen-bond acceptors (Lipinski definition) is 10. The molecule has 0 spiro atoms. The summed E-state index contributed by atoms with van der Waals surface area (Å²) >= 11 is 0. The number of carbonyl (C=O) groups is 2. The van der Waals surface area contributed by atoms with Crippen molar-refractivity contribution in [1.29, 1.82) is 0 Å². The van der Waals surface area contributed by atoms with Gasteiger partial charge in [0.25, 0.3) is 0 Å². The van der Waals surface area contributed by atoms with E-state index in [2.05, 4.69) is 10.6 Å². The van der Waals surface area contributed by atoms with E-state index < -0.39 is 93.7 Å². The average Bonchev–Trinajstić information content (AvgIpc) is 3.34. The number of aliphatic hydroxyl groups is 3. The number of β-amino-alcohol motifs (C(OH)–C–C–N with tert-alkyl or cyclic N) is 1. The molecule has 0 aromatic heterocycles. The summed E-state index contributed by atoms with van der Waals surface area (Å²) in [7, 11) is -4.70. The van der Waals surface area contributed by atoms with Crippen LogP contribution in [0.2, 0.25) is 0 Å². The molecule has 0 aliphatic carbocycles. The second-order valence-electron chi connectivity index (χ2n) is 10.3. The van der Waals surface area contributed by atoms with Crippen LogP contribution in [0.25, 0.3) is 0 Å². The van der Waals surface area contributed by atoms with Crippen molar-refractivity contribution in [3.05, 3.63) is 0 Å². The molecule has 6 aliphatic rings. The zero-order valence-electron chi connectivity index (χ0n) is 19.9. The molecule has 6 rings (SSSR count). The Hall–Kier alpha value is -1.55. The highest BCUT2D eigenvalue weighted by atomic mass is 31.2. The van der Waals surface area contributed by atoms with Gasteiger partial charge in [0.1, 0.15) is 36.4 Å². The van der Waals surface area contributed by atoms with Crippen LogP contribution in [0.1, 0.15) is 33.1 Å². The Bertz CT molecular complexity index is 939. The van der Waals surface area contributed by atoms with Gasteiger partial charge in [0, 0.05) is 25.4 Å². The number of nitrogens with zero attached hydrogens (tertiary/aromatic N) is 2. The molecule has 204 valence electrons. The van der Waals surface area contributed by atoms with E-state index in [1.807, 2.05) is 0 Å². The van der Waals surface area contributed by atoms with E-state index in [0.29, 0.717) is 6.42 Å². The van der Waals surface area contributed by atoms with Gasteiger partial charge in [0.2, 0.25) is 0 Å². The van der Waals surface area contributed by atoms with Crippen LogP contribution in [-0.2, 0) is 23.1 Å². The van der Waals surface area contributed by atoms with Crippen LogP contribution in [0.15, 0.2) is 0 Å². The minimum Gasteiger partial charge on any atom is -0.394 e. The van der Waals surface area contributed by atoms with Crippen molar-refractivity contribution >= 4 is 19.9 Å². The maximum atomic E-state index is 13.3. The molecule has 6 fully saturated rings. The molecule has 16 heteroatoms. The van der Waals surface area contributed by atoms with Crippen molar-refractivity contribution < 1.29 is 52.9 Å². The van der Waals surface area contributed by atoms with Gasteiger partial charge in [-0.1, -0.05) is 0 Å². The van der Waals surface area contributed by atoms with Crippen LogP contribution in [-0.4, -0.2) is 122 Å². The molecule has 0 aromatic carbocycles. The molecular weight excluding hydrogens is 503 g/mol. The number of phosphoric ester groups is 1. The van der Waals surface area contributed by atoms with Gasteiger partial charge in [-0.25, -0.2) is 14.2 Å². The molecule has 11 atom stereocenters. The Morgan fingerprint density at radius 3 is 2.53 bits per heavy atom. The molecule has 6 N–H and O–H groups in total. The fraction of sp³-hybridized carbons (Fsp3) is 0.900. The lowest BCUT2D eigenvalue weighted by Gasteiger charge is -2.53. The summed E-state index contributed by atoms with van der Waals surface area (Å²) in [6.07, 6.45) is -5.79. The summed E-state index contributed by atoms with van der Waals surface area (Å²) < 4.78 is 34.7. The van der Waals surface area contributed by atoms with Crippen molar-refractivity contribution in [2.45, 2.75) is 93.7 Å². The summed E-state index contributed by atoms with van der Waals surface area (Å²) in [5.74, 6) is 0. The van der Waals surface area contributed by atoms with Gasteiger partial charge in [0.15, 0.2) is 0 Å². The Balaban J connectivity index is 1.53. The lowest BCUT2D eigenvalue weighted by atomic mass is 9.83. The highest BCUT2D eigenvalue weighted by molar-refractivity contribution is 7.47.